The highest BCUT2D eigenvalue weighted by Gasteiger charge is 2.43. The molecule has 2 aliphatic rings. The summed E-state index contributed by atoms with van der Waals surface area (Å²) in [6.07, 6.45) is 4.26. The molecule has 5 heteroatoms. The van der Waals surface area contributed by atoms with Crippen LogP contribution in [-0.4, -0.2) is 20.5 Å². The zero-order chi connectivity index (χ0) is 20.0. The molecule has 0 amide bonds. The molecule has 0 unspecified atom stereocenters. The molecule has 0 spiro atoms. The number of benzene rings is 2. The topological polar surface area (TPSA) is 59.8 Å². The van der Waals surface area contributed by atoms with Crippen LogP contribution in [0.15, 0.2) is 72.7 Å². The molecule has 0 saturated carbocycles. The zero-order valence-corrected chi connectivity index (χ0v) is 16.6. The van der Waals surface area contributed by atoms with Gasteiger partial charge in [0.2, 0.25) is 5.95 Å². The van der Waals surface area contributed by atoms with Crippen molar-refractivity contribution in [1.82, 2.24) is 14.8 Å². The Morgan fingerprint density at radius 3 is 2.52 bits per heavy atom. The van der Waals surface area contributed by atoms with Crippen molar-refractivity contribution in [2.45, 2.75) is 38.1 Å². The summed E-state index contributed by atoms with van der Waals surface area (Å²) in [6, 6.07) is 18.6. The number of hydrogen-bond acceptors (Lipinski definition) is 4. The van der Waals surface area contributed by atoms with Gasteiger partial charge in [-0.15, -0.1) is 0 Å². The SMILES string of the molecule is CC(C)c1ccc([C@H]2C=C3Nc4ncnn4[C@H](c4ccccc4)[C@H]3C(=O)C2)cc1. The summed E-state index contributed by atoms with van der Waals surface area (Å²) >= 11 is 0. The summed E-state index contributed by atoms with van der Waals surface area (Å²) in [4.78, 5) is 17.7. The minimum absolute atomic E-state index is 0.0772. The van der Waals surface area contributed by atoms with Gasteiger partial charge in [-0.05, 0) is 22.6 Å². The maximum absolute atomic E-state index is 13.4. The third-order valence-electron chi connectivity index (χ3n) is 6.06. The van der Waals surface area contributed by atoms with Crippen LogP contribution in [0.5, 0.6) is 0 Å². The molecule has 0 bridgehead atoms. The number of rotatable bonds is 3. The molecule has 0 saturated heterocycles. The van der Waals surface area contributed by atoms with Crippen LogP contribution in [0.2, 0.25) is 0 Å². The van der Waals surface area contributed by atoms with Gasteiger partial charge < -0.3 is 5.32 Å². The summed E-state index contributed by atoms with van der Waals surface area (Å²) in [7, 11) is 0. The van der Waals surface area contributed by atoms with Crippen molar-refractivity contribution in [2.24, 2.45) is 5.92 Å². The third kappa shape index (κ3) is 3.07. The highest BCUT2D eigenvalue weighted by atomic mass is 16.1. The molecule has 146 valence electrons. The Morgan fingerprint density at radius 2 is 1.79 bits per heavy atom. The van der Waals surface area contributed by atoms with E-state index in [-0.39, 0.29) is 23.7 Å². The Bertz CT molecular complexity index is 1070. The number of Topliss-reactive ketones (excluding diaryl/α,β-unsaturated/α-hetero) is 1. The maximum atomic E-state index is 13.4. The molecule has 5 nitrogen and oxygen atoms in total. The number of aromatic nitrogens is 3. The average molecular weight is 384 g/mol. The van der Waals surface area contributed by atoms with Gasteiger partial charge in [-0.1, -0.05) is 74.5 Å². The van der Waals surface area contributed by atoms with Crippen LogP contribution in [0, 0.1) is 5.92 Å². The molecule has 5 rings (SSSR count). The van der Waals surface area contributed by atoms with Crippen molar-refractivity contribution in [3.63, 3.8) is 0 Å². The van der Waals surface area contributed by atoms with Crippen LogP contribution in [0.1, 0.15) is 54.8 Å². The fourth-order valence-corrected chi connectivity index (χ4v) is 4.50. The van der Waals surface area contributed by atoms with Gasteiger partial charge in [-0.3, -0.25) is 4.79 Å². The molecule has 1 aliphatic heterocycles. The molecular weight excluding hydrogens is 360 g/mol. The highest BCUT2D eigenvalue weighted by Crippen LogP contribution is 2.43. The Hall–Kier alpha value is -3.21. The fraction of sp³-hybridized carbons (Fsp3) is 0.292. The van der Waals surface area contributed by atoms with E-state index in [2.05, 4.69) is 71.7 Å². The number of anilines is 1. The van der Waals surface area contributed by atoms with Gasteiger partial charge in [-0.2, -0.15) is 10.1 Å². The lowest BCUT2D eigenvalue weighted by atomic mass is 9.75. The lowest BCUT2D eigenvalue weighted by molar-refractivity contribution is -0.123. The first-order chi connectivity index (χ1) is 14.1. The number of ketones is 1. The number of carbonyl (C=O) groups excluding carboxylic acids is 1. The van der Waals surface area contributed by atoms with Crippen LogP contribution >= 0.6 is 0 Å². The van der Waals surface area contributed by atoms with E-state index in [1.807, 2.05) is 22.9 Å². The van der Waals surface area contributed by atoms with E-state index in [4.69, 9.17) is 0 Å². The van der Waals surface area contributed by atoms with E-state index in [1.165, 1.54) is 11.1 Å². The maximum Gasteiger partial charge on any atom is 0.226 e. The molecule has 3 atom stereocenters. The lowest BCUT2D eigenvalue weighted by Crippen LogP contribution is -2.40. The van der Waals surface area contributed by atoms with Crippen molar-refractivity contribution < 1.29 is 4.79 Å². The van der Waals surface area contributed by atoms with Crippen molar-refractivity contribution in [3.8, 4) is 0 Å². The fourth-order valence-electron chi connectivity index (χ4n) is 4.50. The van der Waals surface area contributed by atoms with E-state index in [0.29, 0.717) is 18.3 Å². The Kier molecular flexibility index (Phi) is 4.31. The number of nitrogens with zero attached hydrogens (tertiary/aromatic N) is 3. The van der Waals surface area contributed by atoms with Crippen LogP contribution < -0.4 is 5.32 Å². The second kappa shape index (κ2) is 6.99. The highest BCUT2D eigenvalue weighted by molar-refractivity contribution is 5.88. The molecule has 2 aromatic carbocycles. The first-order valence-electron chi connectivity index (χ1n) is 10.2. The lowest BCUT2D eigenvalue weighted by Gasteiger charge is -2.38. The van der Waals surface area contributed by atoms with Gasteiger partial charge in [-0.25, -0.2) is 4.68 Å². The average Bonchev–Trinajstić information content (AvgIpc) is 3.21. The third-order valence-corrected chi connectivity index (χ3v) is 6.06. The van der Waals surface area contributed by atoms with Gasteiger partial charge in [0.1, 0.15) is 12.1 Å². The molecular formula is C24H24N4O. The summed E-state index contributed by atoms with van der Waals surface area (Å²) in [5.74, 6) is 1.23. The molecule has 3 aromatic rings. The molecule has 2 heterocycles. The monoisotopic (exact) mass is 384 g/mol. The van der Waals surface area contributed by atoms with E-state index in [0.717, 1.165) is 11.3 Å². The van der Waals surface area contributed by atoms with Crippen molar-refractivity contribution in [3.05, 3.63) is 89.4 Å². The molecule has 0 fully saturated rings. The quantitative estimate of drug-likeness (QED) is 0.713. The molecule has 1 N–H and O–H groups in total. The summed E-state index contributed by atoms with van der Waals surface area (Å²) in [5, 5.41) is 7.78. The molecule has 0 radical (unpaired) electrons. The van der Waals surface area contributed by atoms with E-state index in [1.54, 1.807) is 6.33 Å². The van der Waals surface area contributed by atoms with Crippen LogP contribution in [0.25, 0.3) is 0 Å². The second-order valence-corrected chi connectivity index (χ2v) is 8.21. The van der Waals surface area contributed by atoms with Crippen molar-refractivity contribution in [1.29, 1.82) is 0 Å². The number of allylic oxidation sites excluding steroid dienone is 2. The van der Waals surface area contributed by atoms with Crippen LogP contribution in [-0.2, 0) is 4.79 Å². The van der Waals surface area contributed by atoms with E-state index >= 15 is 0 Å². The van der Waals surface area contributed by atoms with Crippen LogP contribution in [0.4, 0.5) is 5.95 Å². The number of fused-ring (bicyclic) bond motifs is 2. The van der Waals surface area contributed by atoms with E-state index in [9.17, 15) is 4.79 Å². The predicted molar refractivity (Wildman–Crippen MR) is 113 cm³/mol. The molecule has 1 aromatic heterocycles. The van der Waals surface area contributed by atoms with Gasteiger partial charge in [0.15, 0.2) is 0 Å². The second-order valence-electron chi connectivity index (χ2n) is 8.21. The number of nitrogens with one attached hydrogen (secondary N) is 1. The van der Waals surface area contributed by atoms with E-state index < -0.39 is 0 Å². The number of hydrogen-bond donors (Lipinski definition) is 1. The van der Waals surface area contributed by atoms with Crippen molar-refractivity contribution >= 4 is 11.7 Å². The zero-order valence-electron chi connectivity index (χ0n) is 16.6. The minimum atomic E-state index is -0.266. The summed E-state index contributed by atoms with van der Waals surface area (Å²) < 4.78 is 1.84. The Balaban J connectivity index is 1.55. The van der Waals surface area contributed by atoms with Crippen molar-refractivity contribution in [2.75, 3.05) is 5.32 Å². The molecule has 29 heavy (non-hydrogen) atoms. The first kappa shape index (κ1) is 17.9. The normalized spacial score (nSPS) is 23.2. The Morgan fingerprint density at radius 1 is 1.03 bits per heavy atom. The standard InChI is InChI=1S/C24H24N4O/c1-15(2)16-8-10-17(11-9-16)19-12-20-22(21(29)13-19)23(18-6-4-3-5-7-18)28-24(27-20)25-14-26-28/h3-12,14-15,19,22-23H,13H2,1-2H3,(H,25,26,27)/t19-,22+,23+/m0/s1. The van der Waals surface area contributed by atoms with Crippen LogP contribution in [0.3, 0.4) is 0 Å². The summed E-state index contributed by atoms with van der Waals surface area (Å²) in [6.45, 7) is 4.38. The molecule has 1 aliphatic carbocycles. The predicted octanol–water partition coefficient (Wildman–Crippen LogP) is 4.67. The van der Waals surface area contributed by atoms with Gasteiger partial charge >= 0.3 is 0 Å². The summed E-state index contributed by atoms with van der Waals surface area (Å²) in [5.41, 5.74) is 4.51. The number of carbonyl (C=O) groups is 1. The largest absolute Gasteiger partial charge is 0.328 e. The minimum Gasteiger partial charge on any atom is -0.328 e. The van der Waals surface area contributed by atoms with Gasteiger partial charge in [0, 0.05) is 18.0 Å². The first-order valence-corrected chi connectivity index (χ1v) is 10.2. The van der Waals surface area contributed by atoms with Gasteiger partial charge in [0.25, 0.3) is 0 Å². The Labute approximate surface area is 170 Å². The van der Waals surface area contributed by atoms with Gasteiger partial charge in [0.05, 0.1) is 12.0 Å². The smallest absolute Gasteiger partial charge is 0.226 e.